The number of halogens is 3. The molecule has 0 bridgehead atoms. The van der Waals surface area contributed by atoms with Gasteiger partial charge in [-0.3, -0.25) is 9.69 Å². The van der Waals surface area contributed by atoms with Gasteiger partial charge in [-0.05, 0) is 17.7 Å². The summed E-state index contributed by atoms with van der Waals surface area (Å²) in [4.78, 5) is 29.2. The first-order valence-corrected chi connectivity index (χ1v) is 11.7. The van der Waals surface area contributed by atoms with Crippen molar-refractivity contribution in [3.63, 3.8) is 0 Å². The van der Waals surface area contributed by atoms with Gasteiger partial charge in [0.15, 0.2) is 0 Å². The Bertz CT molecular complexity index is 1110. The summed E-state index contributed by atoms with van der Waals surface area (Å²) in [5.74, 6) is 1.15. The lowest BCUT2D eigenvalue weighted by molar-refractivity contribution is -0.135. The molecule has 0 saturated carbocycles. The normalized spacial score (nSPS) is 17.1. The second-order valence-corrected chi connectivity index (χ2v) is 8.53. The first-order chi connectivity index (χ1) is 16.3. The molecule has 194 valence electrons. The first-order valence-electron chi connectivity index (χ1n) is 11.7. The molecule has 2 aliphatic rings. The molecule has 2 saturated heterocycles. The summed E-state index contributed by atoms with van der Waals surface area (Å²) in [5, 5.41) is 4.45. The average Bonchev–Trinajstić information content (AvgIpc) is 2.90. The highest BCUT2D eigenvalue weighted by molar-refractivity contribution is 5.89. The number of hydrogen-bond donors (Lipinski definition) is 1. The number of fused-ring (bicyclic) bond motifs is 1. The summed E-state index contributed by atoms with van der Waals surface area (Å²) in [7, 11) is 0. The van der Waals surface area contributed by atoms with Gasteiger partial charge >= 0.3 is 0 Å². The van der Waals surface area contributed by atoms with Crippen LogP contribution in [0.15, 0.2) is 67.0 Å². The largest absolute Gasteiger partial charge is 0.352 e. The number of carbonyl (C=O) groups is 1. The van der Waals surface area contributed by atoms with E-state index >= 15 is 0 Å². The van der Waals surface area contributed by atoms with E-state index < -0.39 is 0 Å². The van der Waals surface area contributed by atoms with Gasteiger partial charge in [0, 0.05) is 57.7 Å². The van der Waals surface area contributed by atoms with Crippen LogP contribution in [0.1, 0.15) is 5.56 Å². The van der Waals surface area contributed by atoms with Crippen LogP contribution in [0.4, 0.5) is 5.82 Å². The van der Waals surface area contributed by atoms with Crippen molar-refractivity contribution in [1.29, 1.82) is 0 Å². The predicted octanol–water partition coefficient (Wildman–Crippen LogP) is 3.53. The van der Waals surface area contributed by atoms with Crippen LogP contribution in [0.2, 0.25) is 0 Å². The van der Waals surface area contributed by atoms with Crippen LogP contribution in [-0.4, -0.2) is 84.1 Å². The third kappa shape index (κ3) is 6.87. The summed E-state index contributed by atoms with van der Waals surface area (Å²) >= 11 is 0. The molecule has 0 spiro atoms. The minimum Gasteiger partial charge on any atom is -0.352 e. The number of piperazine rings is 2. The van der Waals surface area contributed by atoms with Gasteiger partial charge in [0.25, 0.3) is 0 Å². The van der Waals surface area contributed by atoms with Crippen LogP contribution in [0.3, 0.4) is 0 Å². The number of nitrogens with one attached hydrogen (secondary N) is 1. The maximum absolute atomic E-state index is 13.6. The van der Waals surface area contributed by atoms with E-state index in [0.29, 0.717) is 13.1 Å². The zero-order chi connectivity index (χ0) is 22.5. The Morgan fingerprint density at radius 2 is 1.50 bits per heavy atom. The third-order valence-electron chi connectivity index (χ3n) is 6.48. The fraction of sp³-hybridized carbons (Fsp3) is 0.346. The predicted molar refractivity (Wildman–Crippen MR) is 154 cm³/mol. The van der Waals surface area contributed by atoms with E-state index in [4.69, 9.17) is 0 Å². The Kier molecular flexibility index (Phi) is 11.9. The molecule has 0 aliphatic carbocycles. The van der Waals surface area contributed by atoms with E-state index in [1.165, 1.54) is 0 Å². The first kappa shape index (κ1) is 29.8. The lowest BCUT2D eigenvalue weighted by Gasteiger charge is -2.40. The molecule has 1 atom stereocenters. The van der Waals surface area contributed by atoms with Crippen molar-refractivity contribution in [3.05, 3.63) is 72.6 Å². The number of rotatable bonds is 5. The van der Waals surface area contributed by atoms with Gasteiger partial charge in [-0.2, -0.15) is 0 Å². The Morgan fingerprint density at radius 1 is 0.833 bits per heavy atom. The number of benzene rings is 2. The summed E-state index contributed by atoms with van der Waals surface area (Å²) < 4.78 is 0. The quantitative estimate of drug-likeness (QED) is 0.523. The van der Waals surface area contributed by atoms with Gasteiger partial charge in [-0.1, -0.05) is 54.6 Å². The van der Waals surface area contributed by atoms with Gasteiger partial charge in [0.05, 0.1) is 5.52 Å². The van der Waals surface area contributed by atoms with Crippen LogP contribution in [0, 0.1) is 0 Å². The number of amides is 1. The van der Waals surface area contributed by atoms with E-state index in [0.717, 1.165) is 61.6 Å². The zero-order valence-electron chi connectivity index (χ0n) is 20.0. The molecule has 1 unspecified atom stereocenters. The van der Waals surface area contributed by atoms with E-state index in [9.17, 15) is 4.79 Å². The minimum absolute atomic E-state index is 0. The molecule has 2 fully saturated rings. The van der Waals surface area contributed by atoms with Crippen LogP contribution in [0.5, 0.6) is 0 Å². The lowest BCUT2D eigenvalue weighted by atomic mass is 10.1. The highest BCUT2D eigenvalue weighted by atomic mass is 35.5. The molecular weight excluding hydrogens is 519 g/mol. The second kappa shape index (κ2) is 14.4. The Morgan fingerprint density at radius 3 is 2.22 bits per heavy atom. The molecule has 2 aliphatic heterocycles. The molecule has 36 heavy (non-hydrogen) atoms. The number of nitrogens with zero attached hydrogens (tertiary/aromatic N) is 5. The van der Waals surface area contributed by atoms with E-state index in [2.05, 4.69) is 55.4 Å². The standard InChI is InChI=1S/C26H30N6O.3ClH/c33-26(24(30-14-12-27-13-15-30)11-10-21-6-2-1-3-7-21)32-18-16-31(17-19-32)25-22-8-4-5-9-23(22)28-20-29-25;;;/h1-11,20,24,27H,12-19H2;3*1H/b11-10+;;;. The van der Waals surface area contributed by atoms with Gasteiger partial charge in [0.1, 0.15) is 18.2 Å². The topological polar surface area (TPSA) is 64.6 Å². The smallest absolute Gasteiger partial charge is 0.244 e. The maximum Gasteiger partial charge on any atom is 0.244 e. The lowest BCUT2D eigenvalue weighted by Crippen LogP contribution is -2.57. The summed E-state index contributed by atoms with van der Waals surface area (Å²) in [6, 6.07) is 18.1. The Hall–Kier alpha value is -2.42. The van der Waals surface area contributed by atoms with E-state index in [1.54, 1.807) is 6.33 Å². The van der Waals surface area contributed by atoms with E-state index in [-0.39, 0.29) is 49.2 Å². The number of anilines is 1. The van der Waals surface area contributed by atoms with E-state index in [1.807, 2.05) is 41.3 Å². The molecular formula is C26H33Cl3N6O. The van der Waals surface area contributed by atoms with Gasteiger partial charge in [-0.15, -0.1) is 37.2 Å². The van der Waals surface area contributed by atoms with Crippen LogP contribution in [0.25, 0.3) is 17.0 Å². The summed E-state index contributed by atoms with van der Waals surface area (Å²) in [6.07, 6.45) is 5.78. The van der Waals surface area contributed by atoms with Gasteiger partial charge in [0.2, 0.25) is 5.91 Å². The fourth-order valence-corrected chi connectivity index (χ4v) is 4.66. The third-order valence-corrected chi connectivity index (χ3v) is 6.48. The second-order valence-electron chi connectivity index (χ2n) is 8.53. The van der Waals surface area contributed by atoms with Crippen molar-refractivity contribution >= 4 is 65.9 Å². The number of hydrogen-bond acceptors (Lipinski definition) is 6. The molecule has 3 aromatic rings. The van der Waals surface area contributed by atoms with Crippen molar-refractivity contribution in [1.82, 2.24) is 25.1 Å². The van der Waals surface area contributed by atoms with Crippen LogP contribution >= 0.6 is 37.2 Å². The van der Waals surface area contributed by atoms with Crippen molar-refractivity contribution in [2.45, 2.75) is 6.04 Å². The van der Waals surface area contributed by atoms with Crippen molar-refractivity contribution in [2.24, 2.45) is 0 Å². The number of para-hydroxylation sites is 1. The SMILES string of the molecule is Cl.Cl.Cl.O=C(C(/C=C/c1ccccc1)N1CCNCC1)N1CCN(c2ncnc3ccccc23)CC1. The minimum atomic E-state index is -0.237. The highest BCUT2D eigenvalue weighted by Gasteiger charge is 2.31. The molecule has 1 amide bonds. The van der Waals surface area contributed by atoms with Crippen molar-refractivity contribution < 1.29 is 4.79 Å². The molecule has 5 rings (SSSR count). The zero-order valence-corrected chi connectivity index (χ0v) is 22.5. The van der Waals surface area contributed by atoms with Gasteiger partial charge in [-0.25, -0.2) is 9.97 Å². The maximum atomic E-state index is 13.6. The summed E-state index contributed by atoms with van der Waals surface area (Å²) in [6.45, 7) is 6.50. The molecule has 2 aromatic carbocycles. The molecule has 7 nitrogen and oxygen atoms in total. The average molecular weight is 552 g/mol. The fourth-order valence-electron chi connectivity index (χ4n) is 4.66. The number of carbonyl (C=O) groups excluding carboxylic acids is 1. The summed E-state index contributed by atoms with van der Waals surface area (Å²) in [5.41, 5.74) is 2.07. The van der Waals surface area contributed by atoms with Crippen LogP contribution < -0.4 is 10.2 Å². The Labute approximate surface area is 231 Å². The highest BCUT2D eigenvalue weighted by Crippen LogP contribution is 2.24. The molecule has 0 radical (unpaired) electrons. The van der Waals surface area contributed by atoms with Crippen molar-refractivity contribution in [2.75, 3.05) is 57.3 Å². The van der Waals surface area contributed by atoms with Gasteiger partial charge < -0.3 is 15.1 Å². The molecule has 10 heteroatoms. The molecule has 1 aromatic heterocycles. The molecule has 1 N–H and O–H groups in total. The monoisotopic (exact) mass is 550 g/mol. The Balaban J connectivity index is 0.00000152. The van der Waals surface area contributed by atoms with Crippen molar-refractivity contribution in [3.8, 4) is 0 Å². The van der Waals surface area contributed by atoms with Crippen LogP contribution in [-0.2, 0) is 4.79 Å². The number of aromatic nitrogens is 2. The molecule has 3 heterocycles.